The summed E-state index contributed by atoms with van der Waals surface area (Å²) in [7, 11) is 0. The monoisotopic (exact) mass is 635 g/mol. The third-order valence-electron chi connectivity index (χ3n) is 8.52. The van der Waals surface area contributed by atoms with Crippen LogP contribution in [-0.4, -0.2) is 19.5 Å². The molecule has 0 aliphatic rings. The van der Waals surface area contributed by atoms with Crippen molar-refractivity contribution in [3.63, 3.8) is 0 Å². The van der Waals surface area contributed by atoms with Crippen molar-refractivity contribution in [3.05, 3.63) is 182 Å². The van der Waals surface area contributed by atoms with Crippen molar-refractivity contribution in [3.8, 4) is 62.1 Å². The Hall–Kier alpha value is -6.65. The van der Waals surface area contributed by atoms with Crippen LogP contribution in [0.1, 0.15) is 12.3 Å². The number of nitrogens with zero attached hydrogens (tertiary/aromatic N) is 4. The zero-order valence-electron chi connectivity index (χ0n) is 34.9. The number of benzene rings is 7. The lowest BCUT2D eigenvalue weighted by molar-refractivity contribution is 0.953. The summed E-state index contributed by atoms with van der Waals surface area (Å²) in [6, 6.07) is 36.3. The van der Waals surface area contributed by atoms with Gasteiger partial charge in [-0.2, -0.15) is 9.97 Å². The highest BCUT2D eigenvalue weighted by Crippen LogP contribution is 2.38. The molecular formula is C45H30N4. The van der Waals surface area contributed by atoms with E-state index < -0.39 is 42.3 Å². The lowest BCUT2D eigenvalue weighted by atomic mass is 9.99. The Morgan fingerprint density at radius 3 is 1.49 bits per heavy atom. The smallest absolute Gasteiger partial charge is 0.238 e. The molecule has 0 N–H and O–H groups in total. The van der Waals surface area contributed by atoms with E-state index in [2.05, 4.69) is 0 Å². The van der Waals surface area contributed by atoms with E-state index >= 15 is 0 Å². The molecule has 9 rings (SSSR count). The molecule has 0 aliphatic heterocycles. The van der Waals surface area contributed by atoms with Crippen LogP contribution >= 0.6 is 0 Å². The third kappa shape index (κ3) is 5.26. The van der Waals surface area contributed by atoms with Gasteiger partial charge in [-0.3, -0.25) is 4.57 Å². The minimum atomic E-state index is -0.547. The van der Waals surface area contributed by atoms with Crippen molar-refractivity contribution in [1.29, 1.82) is 0 Å². The molecule has 0 fully saturated rings. The van der Waals surface area contributed by atoms with Crippen molar-refractivity contribution >= 4 is 21.8 Å². The van der Waals surface area contributed by atoms with E-state index in [1.165, 1.54) is 0 Å². The standard InChI is InChI=1S/C45H30N4/c1-4-13-31(14-5-1)33-23-27-36(28-24-33)43-46-44(37-29-25-34(26-30-37)32-15-6-2-7-16-32)48-45(47-43)49-40-21-11-10-19-39(40)42-38(20-12-22-41(42)49)35-17-8-3-9-18-35/h1-30H/i3D,8D,9D,10D,11D,17D,18D,19D,21D. The van der Waals surface area contributed by atoms with Gasteiger partial charge in [0.05, 0.1) is 23.4 Å². The van der Waals surface area contributed by atoms with Crippen LogP contribution in [0.3, 0.4) is 0 Å². The van der Waals surface area contributed by atoms with Crippen LogP contribution in [0.15, 0.2) is 182 Å². The van der Waals surface area contributed by atoms with Gasteiger partial charge in [-0.1, -0.05) is 170 Å². The SMILES string of the molecule is [2H]c1c([2H])c([2H])c(-c2cccc3c2c2c([2H])c([2H])c([2H])c([2H])c2n3-c2nc(-c3ccc(-c4ccccc4)cc3)nc(-c3ccc(-c4ccccc4)cc3)n2)c([2H])c1[2H]. The summed E-state index contributed by atoms with van der Waals surface area (Å²) in [5.74, 6) is 0.677. The molecule has 7 aromatic carbocycles. The highest BCUT2D eigenvalue weighted by atomic mass is 15.2. The van der Waals surface area contributed by atoms with Gasteiger partial charge in [-0.05, 0) is 45.5 Å². The fourth-order valence-electron chi connectivity index (χ4n) is 6.17. The number of fused-ring (bicyclic) bond motifs is 3. The van der Waals surface area contributed by atoms with E-state index in [0.29, 0.717) is 28.3 Å². The van der Waals surface area contributed by atoms with Crippen LogP contribution in [0.25, 0.3) is 83.9 Å². The normalized spacial score (nSPS) is 13.8. The molecule has 4 nitrogen and oxygen atoms in total. The van der Waals surface area contributed by atoms with E-state index in [-0.39, 0.29) is 45.4 Å². The van der Waals surface area contributed by atoms with E-state index in [0.717, 1.165) is 22.3 Å². The van der Waals surface area contributed by atoms with E-state index in [1.807, 2.05) is 109 Å². The Morgan fingerprint density at radius 1 is 0.388 bits per heavy atom. The summed E-state index contributed by atoms with van der Waals surface area (Å²) < 4.78 is 79.9. The van der Waals surface area contributed by atoms with Gasteiger partial charge >= 0.3 is 0 Å². The van der Waals surface area contributed by atoms with Crippen molar-refractivity contribution in [2.75, 3.05) is 0 Å². The van der Waals surface area contributed by atoms with Crippen molar-refractivity contribution in [2.45, 2.75) is 0 Å². The Labute approximate surface area is 297 Å². The second kappa shape index (κ2) is 12.2. The molecule has 0 spiro atoms. The molecule has 0 unspecified atom stereocenters. The van der Waals surface area contributed by atoms with Gasteiger partial charge in [0.2, 0.25) is 5.95 Å². The zero-order valence-corrected chi connectivity index (χ0v) is 25.9. The number of rotatable bonds is 6. The number of aromatic nitrogens is 4. The quantitative estimate of drug-likeness (QED) is 0.183. The lowest BCUT2D eigenvalue weighted by Crippen LogP contribution is -2.06. The van der Waals surface area contributed by atoms with Crippen molar-refractivity contribution < 1.29 is 12.3 Å². The average Bonchev–Trinajstić information content (AvgIpc) is 3.63. The molecule has 0 aliphatic carbocycles. The maximum absolute atomic E-state index is 9.21. The summed E-state index contributed by atoms with van der Waals surface area (Å²) in [5, 5.41) is 0.345. The lowest BCUT2D eigenvalue weighted by Gasteiger charge is -2.12. The Balaban J connectivity index is 1.34. The molecule has 2 aromatic heterocycles. The molecule has 49 heavy (non-hydrogen) atoms. The molecule has 0 saturated heterocycles. The van der Waals surface area contributed by atoms with Crippen LogP contribution < -0.4 is 0 Å². The first-order valence-electron chi connectivity index (χ1n) is 20.2. The fraction of sp³-hybridized carbons (Fsp3) is 0. The molecule has 0 atom stereocenters. The van der Waals surface area contributed by atoms with Crippen LogP contribution in [0, 0.1) is 0 Å². The summed E-state index contributed by atoms with van der Waals surface area (Å²) >= 11 is 0. The Bertz CT molecular complexity index is 2950. The molecule has 230 valence electrons. The number of hydrogen-bond donors (Lipinski definition) is 0. The van der Waals surface area contributed by atoms with Crippen molar-refractivity contribution in [2.24, 2.45) is 0 Å². The van der Waals surface area contributed by atoms with E-state index in [4.69, 9.17) is 25.9 Å². The van der Waals surface area contributed by atoms with Crippen LogP contribution in [0.5, 0.6) is 0 Å². The number of para-hydroxylation sites is 1. The van der Waals surface area contributed by atoms with Crippen LogP contribution in [0.4, 0.5) is 0 Å². The molecule has 0 bridgehead atoms. The highest BCUT2D eigenvalue weighted by molar-refractivity contribution is 6.15. The third-order valence-corrected chi connectivity index (χ3v) is 8.52. The Kier molecular flexibility index (Phi) is 5.11. The fourth-order valence-corrected chi connectivity index (χ4v) is 6.17. The maximum Gasteiger partial charge on any atom is 0.238 e. The molecule has 0 amide bonds. The molecule has 0 radical (unpaired) electrons. The van der Waals surface area contributed by atoms with Gasteiger partial charge in [-0.25, -0.2) is 4.98 Å². The topological polar surface area (TPSA) is 43.6 Å². The maximum atomic E-state index is 9.21. The first kappa shape index (κ1) is 20.6. The summed E-state index contributed by atoms with van der Waals surface area (Å²) in [5.41, 5.74) is 5.92. The number of hydrogen-bond acceptors (Lipinski definition) is 3. The van der Waals surface area contributed by atoms with Gasteiger partial charge in [-0.15, -0.1) is 0 Å². The van der Waals surface area contributed by atoms with E-state index in [9.17, 15) is 1.37 Å². The molecule has 9 aromatic rings. The summed E-state index contributed by atoms with van der Waals surface area (Å²) in [6.45, 7) is 0. The van der Waals surface area contributed by atoms with Crippen molar-refractivity contribution in [1.82, 2.24) is 19.5 Å². The highest BCUT2D eigenvalue weighted by Gasteiger charge is 2.20. The van der Waals surface area contributed by atoms with Gasteiger partial charge < -0.3 is 0 Å². The largest absolute Gasteiger partial charge is 0.278 e. The molecule has 0 saturated carbocycles. The van der Waals surface area contributed by atoms with Gasteiger partial charge in [0, 0.05) is 21.9 Å². The first-order chi connectivity index (χ1) is 28.0. The van der Waals surface area contributed by atoms with Crippen LogP contribution in [0.2, 0.25) is 0 Å². The average molecular weight is 636 g/mol. The summed E-state index contributed by atoms with van der Waals surface area (Å²) in [4.78, 5) is 14.9. The second-order valence-corrected chi connectivity index (χ2v) is 11.4. The predicted molar refractivity (Wildman–Crippen MR) is 201 cm³/mol. The van der Waals surface area contributed by atoms with E-state index in [1.54, 1.807) is 22.8 Å². The predicted octanol–water partition coefficient (Wildman–Crippen LogP) is 11.3. The van der Waals surface area contributed by atoms with Crippen LogP contribution in [-0.2, 0) is 0 Å². The minimum Gasteiger partial charge on any atom is -0.278 e. The molecule has 2 heterocycles. The minimum absolute atomic E-state index is 0.0579. The Morgan fingerprint density at radius 2 is 0.898 bits per heavy atom. The zero-order chi connectivity index (χ0) is 40.4. The van der Waals surface area contributed by atoms with Gasteiger partial charge in [0.1, 0.15) is 0 Å². The summed E-state index contributed by atoms with van der Waals surface area (Å²) in [6.07, 6.45) is 0. The first-order valence-corrected chi connectivity index (χ1v) is 15.7. The second-order valence-electron chi connectivity index (χ2n) is 11.4. The molecule has 4 heteroatoms. The molecular weight excluding hydrogens is 597 g/mol. The van der Waals surface area contributed by atoms with Gasteiger partial charge in [0.25, 0.3) is 0 Å². The van der Waals surface area contributed by atoms with Gasteiger partial charge in [0.15, 0.2) is 11.6 Å².